The van der Waals surface area contributed by atoms with Crippen LogP contribution in [0.3, 0.4) is 0 Å². The quantitative estimate of drug-likeness (QED) is 0.298. The van der Waals surface area contributed by atoms with E-state index in [2.05, 4.69) is 102 Å². The molecule has 0 atom stereocenters. The number of thiophene rings is 1. The Labute approximate surface area is 178 Å². The van der Waals surface area contributed by atoms with Gasteiger partial charge in [-0.2, -0.15) is 0 Å². The van der Waals surface area contributed by atoms with Crippen LogP contribution in [-0.4, -0.2) is 9.55 Å². The summed E-state index contributed by atoms with van der Waals surface area (Å²) in [5, 5.41) is 1.30. The molecular weight excluding hydrogens is 384 g/mol. The zero-order chi connectivity index (χ0) is 19.9. The lowest BCUT2D eigenvalue weighted by atomic mass is 10.1. The van der Waals surface area contributed by atoms with Gasteiger partial charge < -0.3 is 0 Å². The molecule has 142 valence electrons. The molecule has 2 aromatic heterocycles. The van der Waals surface area contributed by atoms with E-state index in [1.165, 1.54) is 20.5 Å². The van der Waals surface area contributed by atoms with Gasteiger partial charge in [0.05, 0.1) is 11.0 Å². The summed E-state index contributed by atoms with van der Waals surface area (Å²) in [7, 11) is 0. The first kappa shape index (κ1) is 17.2. The molecular formula is C27H18N2S. The van der Waals surface area contributed by atoms with Gasteiger partial charge in [-0.1, -0.05) is 72.8 Å². The van der Waals surface area contributed by atoms with Crippen molar-refractivity contribution in [2.75, 3.05) is 0 Å². The zero-order valence-electron chi connectivity index (χ0n) is 16.2. The van der Waals surface area contributed by atoms with E-state index in [-0.39, 0.29) is 0 Å². The second-order valence-corrected chi connectivity index (χ2v) is 8.40. The minimum atomic E-state index is 0.964. The summed E-state index contributed by atoms with van der Waals surface area (Å²) in [6, 6.07) is 38.3. The minimum absolute atomic E-state index is 0.964. The van der Waals surface area contributed by atoms with Crippen LogP contribution in [0.5, 0.6) is 0 Å². The van der Waals surface area contributed by atoms with Gasteiger partial charge in [-0.25, -0.2) is 4.98 Å². The Hall–Kier alpha value is -3.69. The van der Waals surface area contributed by atoms with Crippen molar-refractivity contribution in [2.45, 2.75) is 0 Å². The van der Waals surface area contributed by atoms with Gasteiger partial charge in [-0.05, 0) is 47.3 Å². The molecule has 0 radical (unpaired) electrons. The highest BCUT2D eigenvalue weighted by molar-refractivity contribution is 7.22. The van der Waals surface area contributed by atoms with Crippen molar-refractivity contribution in [3.8, 4) is 27.5 Å². The lowest BCUT2D eigenvalue weighted by Gasteiger charge is -2.10. The van der Waals surface area contributed by atoms with Crippen LogP contribution in [0.2, 0.25) is 0 Å². The fourth-order valence-corrected chi connectivity index (χ4v) is 5.04. The molecule has 0 unspecified atom stereocenters. The Morgan fingerprint density at radius 3 is 2.20 bits per heavy atom. The van der Waals surface area contributed by atoms with Crippen LogP contribution in [0.4, 0.5) is 0 Å². The fourth-order valence-electron chi connectivity index (χ4n) is 3.97. The second kappa shape index (κ2) is 6.97. The van der Waals surface area contributed by atoms with Gasteiger partial charge in [0.1, 0.15) is 5.82 Å². The third-order valence-electron chi connectivity index (χ3n) is 5.43. The monoisotopic (exact) mass is 402 g/mol. The molecule has 0 aliphatic carbocycles. The number of benzene rings is 4. The molecule has 0 saturated carbocycles. The normalized spacial score (nSPS) is 11.3. The van der Waals surface area contributed by atoms with Crippen molar-refractivity contribution in [3.63, 3.8) is 0 Å². The summed E-state index contributed by atoms with van der Waals surface area (Å²) < 4.78 is 3.57. The van der Waals surface area contributed by atoms with Gasteiger partial charge in [0.25, 0.3) is 0 Å². The van der Waals surface area contributed by atoms with Crippen molar-refractivity contribution < 1.29 is 0 Å². The Kier molecular flexibility index (Phi) is 4.00. The molecule has 0 aliphatic rings. The zero-order valence-corrected chi connectivity index (χ0v) is 17.0. The van der Waals surface area contributed by atoms with E-state index in [1.54, 1.807) is 0 Å². The van der Waals surface area contributed by atoms with Crippen LogP contribution in [0, 0.1) is 0 Å². The average Bonchev–Trinajstić information content (AvgIpc) is 3.42. The van der Waals surface area contributed by atoms with Crippen molar-refractivity contribution in [1.82, 2.24) is 9.55 Å². The predicted molar refractivity (Wildman–Crippen MR) is 127 cm³/mol. The topological polar surface area (TPSA) is 17.8 Å². The van der Waals surface area contributed by atoms with Crippen LogP contribution >= 0.6 is 11.3 Å². The Morgan fingerprint density at radius 1 is 0.633 bits per heavy atom. The highest BCUT2D eigenvalue weighted by atomic mass is 32.1. The highest BCUT2D eigenvalue weighted by Gasteiger charge is 2.14. The smallest absolute Gasteiger partial charge is 0.145 e. The lowest BCUT2D eigenvalue weighted by Crippen LogP contribution is -1.97. The molecule has 2 nitrogen and oxygen atoms in total. The molecule has 6 rings (SSSR count). The number of aromatic nitrogens is 2. The number of imidazole rings is 1. The average molecular weight is 403 g/mol. The van der Waals surface area contributed by atoms with E-state index in [0.29, 0.717) is 0 Å². The number of hydrogen-bond acceptors (Lipinski definition) is 2. The first-order valence-corrected chi connectivity index (χ1v) is 10.8. The maximum Gasteiger partial charge on any atom is 0.145 e. The van der Waals surface area contributed by atoms with E-state index in [0.717, 1.165) is 28.1 Å². The summed E-state index contributed by atoms with van der Waals surface area (Å²) in [6.45, 7) is 0. The van der Waals surface area contributed by atoms with Crippen LogP contribution < -0.4 is 0 Å². The molecule has 0 saturated heterocycles. The maximum atomic E-state index is 4.93. The molecule has 0 N–H and O–H groups in total. The molecule has 0 fully saturated rings. The first-order valence-electron chi connectivity index (χ1n) is 9.99. The molecule has 30 heavy (non-hydrogen) atoms. The van der Waals surface area contributed by atoms with Gasteiger partial charge in [-0.15, -0.1) is 11.3 Å². The van der Waals surface area contributed by atoms with Crippen LogP contribution in [0.15, 0.2) is 109 Å². The van der Waals surface area contributed by atoms with E-state index in [1.807, 2.05) is 23.5 Å². The van der Waals surface area contributed by atoms with Crippen LogP contribution in [0.25, 0.3) is 48.6 Å². The summed E-state index contributed by atoms with van der Waals surface area (Å²) in [4.78, 5) is 6.23. The predicted octanol–water partition coefficient (Wildman–Crippen LogP) is 7.57. The van der Waals surface area contributed by atoms with Crippen molar-refractivity contribution in [1.29, 1.82) is 0 Å². The molecule has 0 spiro atoms. The van der Waals surface area contributed by atoms with E-state index in [4.69, 9.17) is 4.98 Å². The Balaban J connectivity index is 1.49. The standard InChI is InChI=1S/C27H18N2S/c1-2-8-20(9-3-1)27-28-23-11-5-6-12-24(23)29(27)22-16-14-19(15-17-22)26-18-21-10-4-7-13-25(21)30-26/h1-18H. The highest BCUT2D eigenvalue weighted by Crippen LogP contribution is 2.35. The lowest BCUT2D eigenvalue weighted by molar-refractivity contribution is 1.10. The van der Waals surface area contributed by atoms with Gasteiger partial charge in [-0.3, -0.25) is 4.57 Å². The minimum Gasteiger partial charge on any atom is -0.292 e. The van der Waals surface area contributed by atoms with Gasteiger partial charge in [0.2, 0.25) is 0 Å². The van der Waals surface area contributed by atoms with Crippen LogP contribution in [0.1, 0.15) is 0 Å². The van der Waals surface area contributed by atoms with Crippen molar-refractivity contribution in [2.24, 2.45) is 0 Å². The fraction of sp³-hybridized carbons (Fsp3) is 0. The van der Waals surface area contributed by atoms with E-state index >= 15 is 0 Å². The van der Waals surface area contributed by atoms with E-state index in [9.17, 15) is 0 Å². The summed E-state index contributed by atoms with van der Waals surface area (Å²) in [6.07, 6.45) is 0. The molecule has 3 heteroatoms. The summed E-state index contributed by atoms with van der Waals surface area (Å²) in [5.74, 6) is 0.964. The third kappa shape index (κ3) is 2.83. The largest absolute Gasteiger partial charge is 0.292 e. The SMILES string of the molecule is c1ccc(-c2nc3ccccc3n2-c2ccc(-c3cc4ccccc4s3)cc2)cc1. The van der Waals surface area contributed by atoms with Crippen molar-refractivity contribution >= 4 is 32.5 Å². The molecule has 0 bridgehead atoms. The summed E-state index contributed by atoms with van der Waals surface area (Å²) in [5.41, 5.74) is 5.59. The third-order valence-corrected chi connectivity index (χ3v) is 6.59. The van der Waals surface area contributed by atoms with Gasteiger partial charge in [0, 0.05) is 20.8 Å². The Morgan fingerprint density at radius 2 is 1.37 bits per heavy atom. The first-order chi connectivity index (χ1) is 14.9. The molecule has 2 heterocycles. The molecule has 6 aromatic rings. The number of para-hydroxylation sites is 2. The van der Waals surface area contributed by atoms with Gasteiger partial charge >= 0.3 is 0 Å². The van der Waals surface area contributed by atoms with Crippen molar-refractivity contribution in [3.05, 3.63) is 109 Å². The number of fused-ring (bicyclic) bond motifs is 2. The van der Waals surface area contributed by atoms with E-state index < -0.39 is 0 Å². The Bertz CT molecular complexity index is 1440. The van der Waals surface area contributed by atoms with Crippen LogP contribution in [-0.2, 0) is 0 Å². The summed E-state index contributed by atoms with van der Waals surface area (Å²) >= 11 is 1.84. The number of hydrogen-bond donors (Lipinski definition) is 0. The van der Waals surface area contributed by atoms with Gasteiger partial charge in [0.15, 0.2) is 0 Å². The molecule has 0 aliphatic heterocycles. The maximum absolute atomic E-state index is 4.93. The second-order valence-electron chi connectivity index (χ2n) is 7.32. The number of nitrogens with zero attached hydrogens (tertiary/aromatic N) is 2. The molecule has 0 amide bonds. The number of rotatable bonds is 3. The molecule has 4 aromatic carbocycles.